The topological polar surface area (TPSA) is 53.3 Å². The first-order valence-electron chi connectivity index (χ1n) is 5.93. The molecule has 0 radical (unpaired) electrons. The van der Waals surface area contributed by atoms with E-state index in [1.807, 2.05) is 18.7 Å². The molecule has 1 aliphatic carbocycles. The van der Waals surface area contributed by atoms with Crippen molar-refractivity contribution in [3.8, 4) is 6.07 Å². The number of rotatable bonds is 1. The molecular formula is C12H18N2O2. The van der Waals surface area contributed by atoms with E-state index < -0.39 is 5.41 Å². The van der Waals surface area contributed by atoms with Crippen LogP contribution in [0.15, 0.2) is 0 Å². The zero-order valence-electron chi connectivity index (χ0n) is 9.90. The molecule has 0 bridgehead atoms. The van der Waals surface area contributed by atoms with Gasteiger partial charge in [0.25, 0.3) is 0 Å². The van der Waals surface area contributed by atoms with Gasteiger partial charge in [0.2, 0.25) is 5.91 Å². The number of carbonyl (C=O) groups excluding carboxylic acids is 1. The Labute approximate surface area is 96.2 Å². The van der Waals surface area contributed by atoms with Gasteiger partial charge in [0.1, 0.15) is 5.41 Å². The smallest absolute Gasteiger partial charge is 0.243 e. The second-order valence-corrected chi connectivity index (χ2v) is 5.00. The average molecular weight is 222 g/mol. The van der Waals surface area contributed by atoms with Crippen molar-refractivity contribution in [3.63, 3.8) is 0 Å². The molecule has 1 saturated heterocycles. The number of hydrogen-bond acceptors (Lipinski definition) is 3. The molecule has 4 nitrogen and oxygen atoms in total. The van der Waals surface area contributed by atoms with Gasteiger partial charge in [0.15, 0.2) is 0 Å². The lowest BCUT2D eigenvalue weighted by Gasteiger charge is -2.43. The average Bonchev–Trinajstić information content (AvgIpc) is 2.21. The Kier molecular flexibility index (Phi) is 2.90. The van der Waals surface area contributed by atoms with Crippen LogP contribution in [0.5, 0.6) is 0 Å². The van der Waals surface area contributed by atoms with Gasteiger partial charge in [0.05, 0.1) is 24.8 Å². The van der Waals surface area contributed by atoms with Gasteiger partial charge in [-0.05, 0) is 33.1 Å². The molecule has 1 aliphatic heterocycles. The highest BCUT2D eigenvalue weighted by Gasteiger charge is 2.48. The van der Waals surface area contributed by atoms with Crippen molar-refractivity contribution in [2.45, 2.75) is 45.3 Å². The van der Waals surface area contributed by atoms with Gasteiger partial charge < -0.3 is 9.64 Å². The monoisotopic (exact) mass is 222 g/mol. The summed E-state index contributed by atoms with van der Waals surface area (Å²) in [6.07, 6.45) is 2.52. The summed E-state index contributed by atoms with van der Waals surface area (Å²) in [7, 11) is 0. The van der Waals surface area contributed by atoms with E-state index in [-0.39, 0.29) is 18.1 Å². The second kappa shape index (κ2) is 4.06. The SMILES string of the molecule is CC1CN(C(=O)C2(C#N)CCC2)C(C)CO1. The lowest BCUT2D eigenvalue weighted by atomic mass is 9.68. The van der Waals surface area contributed by atoms with Gasteiger partial charge in [-0.25, -0.2) is 0 Å². The van der Waals surface area contributed by atoms with Crippen molar-refractivity contribution in [3.05, 3.63) is 0 Å². The molecule has 88 valence electrons. The quantitative estimate of drug-likeness (QED) is 0.672. The number of morpholine rings is 1. The normalized spacial score (nSPS) is 32.7. The van der Waals surface area contributed by atoms with Gasteiger partial charge in [-0.15, -0.1) is 0 Å². The van der Waals surface area contributed by atoms with Crippen LogP contribution in [-0.2, 0) is 9.53 Å². The Bertz CT molecular complexity index is 330. The maximum atomic E-state index is 12.3. The Morgan fingerprint density at radius 1 is 1.50 bits per heavy atom. The summed E-state index contributed by atoms with van der Waals surface area (Å²) in [6.45, 7) is 5.14. The summed E-state index contributed by atoms with van der Waals surface area (Å²) in [5.41, 5.74) is -0.717. The van der Waals surface area contributed by atoms with Crippen LogP contribution in [0.4, 0.5) is 0 Å². The number of nitriles is 1. The third-order valence-electron chi connectivity index (χ3n) is 3.70. The zero-order chi connectivity index (χ0) is 11.8. The Hall–Kier alpha value is -1.08. The Morgan fingerprint density at radius 2 is 2.19 bits per heavy atom. The molecule has 16 heavy (non-hydrogen) atoms. The Morgan fingerprint density at radius 3 is 2.69 bits per heavy atom. The number of nitrogens with zero attached hydrogens (tertiary/aromatic N) is 2. The molecule has 0 spiro atoms. The fraction of sp³-hybridized carbons (Fsp3) is 0.833. The van der Waals surface area contributed by atoms with Crippen LogP contribution < -0.4 is 0 Å². The van der Waals surface area contributed by atoms with Crippen LogP contribution in [-0.4, -0.2) is 36.1 Å². The minimum absolute atomic E-state index is 0.0175. The standard InChI is InChI=1S/C12H18N2O2/c1-9-7-16-10(2)6-14(9)11(15)12(8-13)4-3-5-12/h9-10H,3-7H2,1-2H3. The molecule has 2 fully saturated rings. The van der Waals surface area contributed by atoms with Crippen LogP contribution in [0.25, 0.3) is 0 Å². The summed E-state index contributed by atoms with van der Waals surface area (Å²) in [5, 5.41) is 9.16. The molecule has 0 aromatic rings. The summed E-state index contributed by atoms with van der Waals surface area (Å²) >= 11 is 0. The van der Waals surface area contributed by atoms with Crippen molar-refractivity contribution in [2.75, 3.05) is 13.2 Å². The predicted molar refractivity (Wildman–Crippen MR) is 58.5 cm³/mol. The molecule has 0 aromatic carbocycles. The van der Waals surface area contributed by atoms with Crippen LogP contribution in [0.1, 0.15) is 33.1 Å². The largest absolute Gasteiger partial charge is 0.375 e. The van der Waals surface area contributed by atoms with Gasteiger partial charge in [-0.3, -0.25) is 4.79 Å². The van der Waals surface area contributed by atoms with E-state index in [4.69, 9.17) is 10.00 Å². The predicted octanol–water partition coefficient (Wildman–Crippen LogP) is 1.32. The third kappa shape index (κ3) is 1.69. The highest BCUT2D eigenvalue weighted by molar-refractivity contribution is 5.86. The number of ether oxygens (including phenoxy) is 1. The molecule has 2 unspecified atom stereocenters. The summed E-state index contributed by atoms with van der Waals surface area (Å²) in [4.78, 5) is 14.2. The van der Waals surface area contributed by atoms with Crippen LogP contribution in [0.2, 0.25) is 0 Å². The highest BCUT2D eigenvalue weighted by atomic mass is 16.5. The van der Waals surface area contributed by atoms with E-state index in [1.165, 1.54) is 0 Å². The lowest BCUT2D eigenvalue weighted by Crippen LogP contribution is -2.56. The van der Waals surface area contributed by atoms with Gasteiger partial charge in [0, 0.05) is 6.54 Å². The van der Waals surface area contributed by atoms with E-state index >= 15 is 0 Å². The molecule has 0 N–H and O–H groups in total. The lowest BCUT2D eigenvalue weighted by molar-refractivity contribution is -0.155. The van der Waals surface area contributed by atoms with E-state index in [0.29, 0.717) is 13.2 Å². The first-order valence-corrected chi connectivity index (χ1v) is 5.93. The van der Waals surface area contributed by atoms with Gasteiger partial charge >= 0.3 is 0 Å². The van der Waals surface area contributed by atoms with Crippen molar-refractivity contribution in [1.82, 2.24) is 4.90 Å². The highest BCUT2D eigenvalue weighted by Crippen LogP contribution is 2.42. The zero-order valence-corrected chi connectivity index (χ0v) is 9.90. The van der Waals surface area contributed by atoms with Crippen LogP contribution >= 0.6 is 0 Å². The molecule has 1 heterocycles. The van der Waals surface area contributed by atoms with Crippen molar-refractivity contribution < 1.29 is 9.53 Å². The molecular weight excluding hydrogens is 204 g/mol. The van der Waals surface area contributed by atoms with Gasteiger partial charge in [-0.2, -0.15) is 5.26 Å². The maximum Gasteiger partial charge on any atom is 0.243 e. The first kappa shape index (κ1) is 11.4. The molecule has 4 heteroatoms. The maximum absolute atomic E-state index is 12.3. The fourth-order valence-corrected chi connectivity index (χ4v) is 2.36. The van der Waals surface area contributed by atoms with E-state index in [0.717, 1.165) is 19.3 Å². The molecule has 0 aromatic heterocycles. The molecule has 2 atom stereocenters. The molecule has 2 aliphatic rings. The summed E-state index contributed by atoms with van der Waals surface area (Å²) < 4.78 is 5.49. The van der Waals surface area contributed by atoms with Crippen LogP contribution in [0, 0.1) is 16.7 Å². The fourth-order valence-electron chi connectivity index (χ4n) is 2.36. The third-order valence-corrected chi connectivity index (χ3v) is 3.70. The number of carbonyl (C=O) groups is 1. The molecule has 1 amide bonds. The number of amides is 1. The first-order chi connectivity index (χ1) is 7.59. The summed E-state index contributed by atoms with van der Waals surface area (Å²) in [6, 6.07) is 2.31. The molecule has 1 saturated carbocycles. The van der Waals surface area contributed by atoms with Crippen molar-refractivity contribution in [2.24, 2.45) is 5.41 Å². The minimum Gasteiger partial charge on any atom is -0.375 e. The minimum atomic E-state index is -0.717. The van der Waals surface area contributed by atoms with Crippen LogP contribution in [0.3, 0.4) is 0 Å². The number of hydrogen-bond donors (Lipinski definition) is 0. The second-order valence-electron chi connectivity index (χ2n) is 5.00. The van der Waals surface area contributed by atoms with E-state index in [1.54, 1.807) is 0 Å². The Balaban J connectivity index is 2.11. The molecule has 2 rings (SSSR count). The van der Waals surface area contributed by atoms with E-state index in [2.05, 4.69) is 6.07 Å². The van der Waals surface area contributed by atoms with Crippen molar-refractivity contribution in [1.29, 1.82) is 5.26 Å². The summed E-state index contributed by atoms with van der Waals surface area (Å²) in [5.74, 6) is 0.0175. The van der Waals surface area contributed by atoms with Crippen molar-refractivity contribution >= 4 is 5.91 Å². The van der Waals surface area contributed by atoms with Gasteiger partial charge in [-0.1, -0.05) is 0 Å². The van der Waals surface area contributed by atoms with E-state index in [9.17, 15) is 4.79 Å².